The Bertz CT molecular complexity index is 1290. The lowest BCUT2D eigenvalue weighted by atomic mass is 9.92. The third-order valence-electron chi connectivity index (χ3n) is 5.58. The smallest absolute Gasteiger partial charge is 0.338 e. The van der Waals surface area contributed by atoms with Crippen molar-refractivity contribution in [3.63, 3.8) is 0 Å². The van der Waals surface area contributed by atoms with Gasteiger partial charge in [0, 0.05) is 18.3 Å². The van der Waals surface area contributed by atoms with Crippen molar-refractivity contribution in [1.82, 2.24) is 10.2 Å². The van der Waals surface area contributed by atoms with Crippen molar-refractivity contribution in [2.75, 3.05) is 19.0 Å². The van der Waals surface area contributed by atoms with E-state index in [1.165, 1.54) is 23.1 Å². The van der Waals surface area contributed by atoms with E-state index in [1.807, 2.05) is 30.3 Å². The number of carbonyl (C=O) groups is 3. The Hall–Kier alpha value is -4.46. The van der Waals surface area contributed by atoms with Crippen LogP contribution in [-0.4, -0.2) is 36.5 Å². The molecule has 1 atom stereocenters. The number of halogens is 1. The van der Waals surface area contributed by atoms with Crippen molar-refractivity contribution in [1.29, 1.82) is 0 Å². The molecule has 0 saturated carbocycles. The number of nitrogens with one attached hydrogen (secondary N) is 2. The Balaban J connectivity index is 1.69. The molecule has 0 radical (unpaired) electrons. The summed E-state index contributed by atoms with van der Waals surface area (Å²) in [5.41, 5.74) is 2.77. The van der Waals surface area contributed by atoms with Gasteiger partial charge in [-0.3, -0.25) is 9.69 Å². The Morgan fingerprint density at radius 1 is 1.03 bits per heavy atom. The van der Waals surface area contributed by atoms with Gasteiger partial charge in [-0.1, -0.05) is 48.5 Å². The molecule has 4 rings (SSSR count). The SMILES string of the molecule is CCOC(=O)C1=C(c2ccccc2)N(C)C(=O)NC1c1ccc(NC(=O)c2cccc(F)c2)cc1. The van der Waals surface area contributed by atoms with Gasteiger partial charge in [0.05, 0.1) is 23.9 Å². The Morgan fingerprint density at radius 2 is 1.74 bits per heavy atom. The fourth-order valence-electron chi connectivity index (χ4n) is 3.92. The number of urea groups is 1. The van der Waals surface area contributed by atoms with Gasteiger partial charge in [-0.25, -0.2) is 14.0 Å². The predicted octanol–water partition coefficient (Wildman–Crippen LogP) is 4.75. The van der Waals surface area contributed by atoms with Gasteiger partial charge in [-0.2, -0.15) is 0 Å². The second kappa shape index (κ2) is 10.2. The van der Waals surface area contributed by atoms with Gasteiger partial charge < -0.3 is 15.4 Å². The van der Waals surface area contributed by atoms with Gasteiger partial charge in [0.1, 0.15) is 5.82 Å². The molecule has 3 aromatic carbocycles. The van der Waals surface area contributed by atoms with Crippen molar-refractivity contribution in [2.24, 2.45) is 0 Å². The van der Waals surface area contributed by atoms with Gasteiger partial charge in [-0.15, -0.1) is 0 Å². The summed E-state index contributed by atoms with van der Waals surface area (Å²) in [6.45, 7) is 1.90. The van der Waals surface area contributed by atoms with Crippen molar-refractivity contribution >= 4 is 29.3 Å². The zero-order valence-electron chi connectivity index (χ0n) is 19.2. The number of rotatable bonds is 6. The lowest BCUT2D eigenvalue weighted by Crippen LogP contribution is -2.46. The standard InChI is InChI=1S/C27H24FN3O4/c1-3-35-26(33)22-23(30-27(34)31(2)24(22)18-8-5-4-6-9-18)17-12-14-21(15-13-17)29-25(32)19-10-7-11-20(28)16-19/h4-16,23H,3H2,1-2H3,(H,29,32)(H,30,34). The molecule has 1 unspecified atom stereocenters. The van der Waals surface area contributed by atoms with E-state index in [0.29, 0.717) is 28.1 Å². The minimum atomic E-state index is -0.763. The second-order valence-electron chi connectivity index (χ2n) is 7.88. The summed E-state index contributed by atoms with van der Waals surface area (Å²) >= 11 is 0. The molecule has 0 bridgehead atoms. The van der Waals surface area contributed by atoms with Crippen LogP contribution in [0.25, 0.3) is 5.70 Å². The van der Waals surface area contributed by atoms with E-state index in [-0.39, 0.29) is 18.2 Å². The molecule has 1 aliphatic rings. The summed E-state index contributed by atoms with van der Waals surface area (Å²) in [5.74, 6) is -1.49. The summed E-state index contributed by atoms with van der Waals surface area (Å²) in [6, 6.07) is 20.1. The zero-order valence-corrected chi connectivity index (χ0v) is 19.2. The van der Waals surface area contributed by atoms with E-state index in [4.69, 9.17) is 4.74 Å². The molecule has 1 aliphatic heterocycles. The minimum Gasteiger partial charge on any atom is -0.463 e. The Kier molecular flexibility index (Phi) is 6.91. The zero-order chi connectivity index (χ0) is 24.9. The summed E-state index contributed by atoms with van der Waals surface area (Å²) in [6.07, 6.45) is 0. The number of ether oxygens (including phenoxy) is 1. The van der Waals surface area contributed by atoms with Gasteiger partial charge in [0.2, 0.25) is 0 Å². The van der Waals surface area contributed by atoms with Crippen LogP contribution in [0.5, 0.6) is 0 Å². The quantitative estimate of drug-likeness (QED) is 0.506. The van der Waals surface area contributed by atoms with Crippen molar-refractivity contribution in [3.8, 4) is 0 Å². The Morgan fingerprint density at radius 3 is 2.40 bits per heavy atom. The normalized spacial score (nSPS) is 15.5. The maximum absolute atomic E-state index is 13.4. The average Bonchev–Trinajstić information content (AvgIpc) is 2.86. The fraction of sp³-hybridized carbons (Fsp3) is 0.148. The van der Waals surface area contributed by atoms with Gasteiger partial charge in [0.15, 0.2) is 0 Å². The van der Waals surface area contributed by atoms with Crippen molar-refractivity contribution in [2.45, 2.75) is 13.0 Å². The third kappa shape index (κ3) is 5.06. The van der Waals surface area contributed by atoms with Crippen molar-refractivity contribution in [3.05, 3.63) is 107 Å². The molecule has 0 aliphatic carbocycles. The molecular formula is C27H24FN3O4. The van der Waals surface area contributed by atoms with Crippen LogP contribution < -0.4 is 10.6 Å². The maximum Gasteiger partial charge on any atom is 0.338 e. The molecule has 0 saturated heterocycles. The number of anilines is 1. The van der Waals surface area contributed by atoms with Crippen LogP contribution in [0.15, 0.2) is 84.4 Å². The average molecular weight is 474 g/mol. The van der Waals surface area contributed by atoms with Crippen LogP contribution in [-0.2, 0) is 9.53 Å². The van der Waals surface area contributed by atoms with Crippen LogP contribution in [0, 0.1) is 5.82 Å². The summed E-state index contributed by atoms with van der Waals surface area (Å²) in [7, 11) is 1.60. The Labute approximate surface area is 202 Å². The molecule has 3 amide bonds. The summed E-state index contributed by atoms with van der Waals surface area (Å²) in [5, 5.41) is 5.58. The number of hydrogen-bond donors (Lipinski definition) is 2. The van der Waals surface area contributed by atoms with E-state index < -0.39 is 23.7 Å². The molecular weight excluding hydrogens is 449 g/mol. The molecule has 0 aromatic heterocycles. The topological polar surface area (TPSA) is 87.7 Å². The lowest BCUT2D eigenvalue weighted by molar-refractivity contribution is -0.138. The molecule has 8 heteroatoms. The van der Waals surface area contributed by atoms with Gasteiger partial charge in [0.25, 0.3) is 5.91 Å². The third-order valence-corrected chi connectivity index (χ3v) is 5.58. The van der Waals surface area contributed by atoms with Crippen LogP contribution in [0.1, 0.15) is 34.5 Å². The first-order valence-corrected chi connectivity index (χ1v) is 11.1. The molecule has 7 nitrogen and oxygen atoms in total. The highest BCUT2D eigenvalue weighted by atomic mass is 19.1. The van der Waals surface area contributed by atoms with E-state index in [2.05, 4.69) is 10.6 Å². The largest absolute Gasteiger partial charge is 0.463 e. The summed E-state index contributed by atoms with van der Waals surface area (Å²) in [4.78, 5) is 39.7. The van der Waals surface area contributed by atoms with Crippen LogP contribution >= 0.6 is 0 Å². The first-order valence-electron chi connectivity index (χ1n) is 11.1. The highest BCUT2D eigenvalue weighted by Crippen LogP contribution is 2.36. The number of carbonyl (C=O) groups excluding carboxylic acids is 3. The van der Waals surface area contributed by atoms with E-state index in [9.17, 15) is 18.8 Å². The van der Waals surface area contributed by atoms with E-state index in [0.717, 1.165) is 6.07 Å². The van der Waals surface area contributed by atoms with Crippen LogP contribution in [0.2, 0.25) is 0 Å². The first kappa shape index (κ1) is 23.7. The molecule has 178 valence electrons. The fourth-order valence-corrected chi connectivity index (χ4v) is 3.92. The van der Waals surface area contributed by atoms with Crippen LogP contribution in [0.4, 0.5) is 14.9 Å². The number of nitrogens with zero attached hydrogens (tertiary/aromatic N) is 1. The summed E-state index contributed by atoms with van der Waals surface area (Å²) < 4.78 is 18.8. The predicted molar refractivity (Wildman–Crippen MR) is 130 cm³/mol. The highest BCUT2D eigenvalue weighted by molar-refractivity contribution is 6.05. The molecule has 0 fully saturated rings. The monoisotopic (exact) mass is 473 g/mol. The number of amides is 3. The molecule has 0 spiro atoms. The molecule has 1 heterocycles. The lowest BCUT2D eigenvalue weighted by Gasteiger charge is -2.34. The van der Waals surface area contributed by atoms with E-state index in [1.54, 1.807) is 38.2 Å². The molecule has 35 heavy (non-hydrogen) atoms. The molecule has 2 N–H and O–H groups in total. The van der Waals surface area contributed by atoms with Gasteiger partial charge >= 0.3 is 12.0 Å². The highest BCUT2D eigenvalue weighted by Gasteiger charge is 2.37. The van der Waals surface area contributed by atoms with Gasteiger partial charge in [-0.05, 0) is 48.4 Å². The number of hydrogen-bond acceptors (Lipinski definition) is 4. The first-order chi connectivity index (χ1) is 16.9. The number of esters is 1. The van der Waals surface area contributed by atoms with E-state index >= 15 is 0 Å². The number of benzene rings is 3. The van der Waals surface area contributed by atoms with Crippen molar-refractivity contribution < 1.29 is 23.5 Å². The molecule has 3 aromatic rings. The second-order valence-corrected chi connectivity index (χ2v) is 7.88. The maximum atomic E-state index is 13.4. The minimum absolute atomic E-state index is 0.180. The van der Waals surface area contributed by atoms with Crippen LogP contribution in [0.3, 0.4) is 0 Å².